The van der Waals surface area contributed by atoms with Gasteiger partial charge in [-0.2, -0.15) is 4.31 Å². The summed E-state index contributed by atoms with van der Waals surface area (Å²) >= 11 is 0. The zero-order valence-electron chi connectivity index (χ0n) is 15.8. The maximum absolute atomic E-state index is 12.7. The van der Waals surface area contributed by atoms with E-state index in [1.165, 1.54) is 21.4 Å². The van der Waals surface area contributed by atoms with Crippen molar-refractivity contribution in [3.8, 4) is 0 Å². The molecule has 1 aromatic heterocycles. The predicted molar refractivity (Wildman–Crippen MR) is 104 cm³/mol. The molecule has 0 aliphatic carbocycles. The molecule has 27 heavy (non-hydrogen) atoms. The molecule has 0 spiro atoms. The molecule has 0 N–H and O–H groups in total. The van der Waals surface area contributed by atoms with Gasteiger partial charge in [0.2, 0.25) is 5.91 Å². The lowest BCUT2D eigenvalue weighted by molar-refractivity contribution is -0.118. The third-order valence-corrected chi connectivity index (χ3v) is 6.74. The summed E-state index contributed by atoms with van der Waals surface area (Å²) in [5.41, 5.74) is 1.96. The van der Waals surface area contributed by atoms with Gasteiger partial charge in [-0.25, -0.2) is 13.4 Å². The molecule has 1 aliphatic rings. The second-order valence-electron chi connectivity index (χ2n) is 6.78. The van der Waals surface area contributed by atoms with E-state index in [9.17, 15) is 13.2 Å². The van der Waals surface area contributed by atoms with E-state index in [0.29, 0.717) is 13.1 Å². The molecule has 0 bridgehead atoms. The van der Waals surface area contributed by atoms with Gasteiger partial charge in [0.25, 0.3) is 10.0 Å². The molecule has 1 saturated heterocycles. The molecule has 7 nitrogen and oxygen atoms in total. The number of nitrogens with zero attached hydrogens (tertiary/aromatic N) is 4. The van der Waals surface area contributed by atoms with E-state index in [4.69, 9.17) is 0 Å². The summed E-state index contributed by atoms with van der Waals surface area (Å²) in [5.74, 6) is -0.129. The van der Waals surface area contributed by atoms with Gasteiger partial charge in [-0.15, -0.1) is 0 Å². The number of hydrogen-bond donors (Lipinski definition) is 0. The van der Waals surface area contributed by atoms with Crippen molar-refractivity contribution in [1.29, 1.82) is 0 Å². The Morgan fingerprint density at radius 1 is 1.19 bits per heavy atom. The number of para-hydroxylation sites is 1. The number of anilines is 1. The summed E-state index contributed by atoms with van der Waals surface area (Å²) in [5, 5.41) is 0.00816. The highest BCUT2D eigenvalue weighted by Crippen LogP contribution is 2.21. The van der Waals surface area contributed by atoms with Crippen LogP contribution < -0.4 is 4.90 Å². The molecule has 146 valence electrons. The highest BCUT2D eigenvalue weighted by Gasteiger charge is 2.28. The number of aryl methyl sites for hydroxylation is 1. The van der Waals surface area contributed by atoms with Crippen LogP contribution >= 0.6 is 0 Å². The van der Waals surface area contributed by atoms with Crippen molar-refractivity contribution in [3.05, 3.63) is 42.4 Å². The molecule has 0 radical (unpaired) electrons. The third-order valence-electron chi connectivity index (χ3n) is 4.95. The second kappa shape index (κ2) is 8.22. The molecule has 0 unspecified atom stereocenters. The Morgan fingerprint density at radius 3 is 2.59 bits per heavy atom. The number of rotatable bonds is 6. The molecule has 1 amide bonds. The van der Waals surface area contributed by atoms with E-state index in [0.717, 1.165) is 36.9 Å². The number of carbonyl (C=O) groups excluding carboxylic acids is 1. The lowest BCUT2D eigenvalue weighted by Gasteiger charge is -2.24. The van der Waals surface area contributed by atoms with Crippen LogP contribution in [0.2, 0.25) is 0 Å². The van der Waals surface area contributed by atoms with Crippen LogP contribution in [-0.2, 0) is 27.8 Å². The van der Waals surface area contributed by atoms with Crippen LogP contribution in [0.4, 0.5) is 5.69 Å². The first-order valence-corrected chi connectivity index (χ1v) is 10.7. The van der Waals surface area contributed by atoms with Crippen molar-refractivity contribution in [2.24, 2.45) is 0 Å². The summed E-state index contributed by atoms with van der Waals surface area (Å²) in [4.78, 5) is 18.3. The van der Waals surface area contributed by atoms with Gasteiger partial charge >= 0.3 is 0 Å². The molecular weight excluding hydrogens is 364 g/mol. The number of benzene rings is 1. The number of carbonyl (C=O) groups is 1. The highest BCUT2D eigenvalue weighted by atomic mass is 32.2. The summed E-state index contributed by atoms with van der Waals surface area (Å²) in [6, 6.07) is 7.77. The molecule has 2 heterocycles. The van der Waals surface area contributed by atoms with Gasteiger partial charge in [0.15, 0.2) is 5.03 Å². The normalized spacial score (nSPS) is 15.6. The molecule has 1 fully saturated rings. The van der Waals surface area contributed by atoms with Crippen molar-refractivity contribution in [3.63, 3.8) is 0 Å². The number of aromatic nitrogens is 2. The topological polar surface area (TPSA) is 75.5 Å². The van der Waals surface area contributed by atoms with Gasteiger partial charge in [-0.1, -0.05) is 31.5 Å². The number of imidazole rings is 1. The van der Waals surface area contributed by atoms with Crippen LogP contribution in [0.1, 0.15) is 31.7 Å². The van der Waals surface area contributed by atoms with E-state index in [2.05, 4.69) is 4.98 Å². The van der Waals surface area contributed by atoms with Gasteiger partial charge in [0.1, 0.15) is 6.54 Å². The standard InChI is InChI=1S/C19H26N4O3S/c1-3-16-9-5-6-10-17(16)21(2)19(24)14-22-13-18(20-15-22)27(25,26)23-11-7-4-8-12-23/h5-6,9-10,13,15H,3-4,7-8,11-12,14H2,1-2H3. The van der Waals surface area contributed by atoms with Crippen LogP contribution in [0.15, 0.2) is 41.8 Å². The zero-order valence-corrected chi connectivity index (χ0v) is 16.7. The van der Waals surface area contributed by atoms with Crippen molar-refractivity contribution in [1.82, 2.24) is 13.9 Å². The number of amides is 1. The second-order valence-corrected chi connectivity index (χ2v) is 8.67. The summed E-state index contributed by atoms with van der Waals surface area (Å²) < 4.78 is 28.4. The first-order chi connectivity index (χ1) is 12.9. The van der Waals surface area contributed by atoms with E-state index < -0.39 is 10.0 Å². The van der Waals surface area contributed by atoms with Gasteiger partial charge in [0.05, 0.1) is 6.33 Å². The molecule has 1 aromatic carbocycles. The molecule has 0 atom stereocenters. The highest BCUT2D eigenvalue weighted by molar-refractivity contribution is 7.89. The first kappa shape index (κ1) is 19.6. The maximum Gasteiger partial charge on any atom is 0.262 e. The summed E-state index contributed by atoms with van der Waals surface area (Å²) in [6.07, 6.45) is 6.49. The number of hydrogen-bond acceptors (Lipinski definition) is 4. The lowest BCUT2D eigenvalue weighted by Crippen LogP contribution is -2.35. The Balaban J connectivity index is 1.72. The minimum Gasteiger partial charge on any atom is -0.327 e. The maximum atomic E-state index is 12.7. The molecule has 8 heteroatoms. The monoisotopic (exact) mass is 390 g/mol. The van der Waals surface area contributed by atoms with Gasteiger partial charge in [-0.3, -0.25) is 4.79 Å². The fourth-order valence-corrected chi connectivity index (χ4v) is 4.78. The van der Waals surface area contributed by atoms with Gasteiger partial charge < -0.3 is 9.47 Å². The summed E-state index contributed by atoms with van der Waals surface area (Å²) in [6.45, 7) is 3.15. The molecular formula is C19H26N4O3S. The minimum absolute atomic E-state index is 0.00816. The molecule has 0 saturated carbocycles. The third kappa shape index (κ3) is 4.22. The molecule has 1 aliphatic heterocycles. The van der Waals surface area contributed by atoms with Gasteiger partial charge in [0, 0.05) is 32.0 Å². The molecule has 2 aromatic rings. The van der Waals surface area contributed by atoms with Crippen LogP contribution in [0.25, 0.3) is 0 Å². The average molecular weight is 391 g/mol. The SMILES string of the molecule is CCc1ccccc1N(C)C(=O)Cn1cnc(S(=O)(=O)N2CCCCC2)c1. The Morgan fingerprint density at radius 2 is 1.89 bits per heavy atom. The van der Waals surface area contributed by atoms with Crippen LogP contribution in [-0.4, -0.2) is 48.3 Å². The predicted octanol–water partition coefficient (Wildman–Crippen LogP) is 2.28. The minimum atomic E-state index is -3.58. The van der Waals surface area contributed by atoms with Crippen molar-refractivity contribution in [2.45, 2.75) is 44.2 Å². The van der Waals surface area contributed by atoms with Crippen molar-refractivity contribution in [2.75, 3.05) is 25.0 Å². The van der Waals surface area contributed by atoms with E-state index in [1.807, 2.05) is 31.2 Å². The number of sulfonamides is 1. The average Bonchev–Trinajstić information content (AvgIpc) is 3.17. The largest absolute Gasteiger partial charge is 0.327 e. The zero-order chi connectivity index (χ0) is 19.4. The molecule has 3 rings (SSSR count). The van der Waals surface area contributed by atoms with Crippen molar-refractivity contribution >= 4 is 21.6 Å². The Hall–Kier alpha value is -2.19. The fourth-order valence-electron chi connectivity index (χ4n) is 3.33. The smallest absolute Gasteiger partial charge is 0.262 e. The Bertz CT molecular complexity index is 901. The quantitative estimate of drug-likeness (QED) is 0.758. The Kier molecular flexibility index (Phi) is 5.96. The van der Waals surface area contributed by atoms with Crippen LogP contribution in [0.5, 0.6) is 0 Å². The Labute approximate surface area is 160 Å². The lowest BCUT2D eigenvalue weighted by atomic mass is 10.1. The van der Waals surface area contributed by atoms with Crippen LogP contribution in [0, 0.1) is 0 Å². The first-order valence-electron chi connectivity index (χ1n) is 9.30. The van der Waals surface area contributed by atoms with E-state index in [-0.39, 0.29) is 17.5 Å². The number of likely N-dealkylation sites (N-methyl/N-ethyl adjacent to an activating group) is 1. The van der Waals surface area contributed by atoms with Crippen molar-refractivity contribution < 1.29 is 13.2 Å². The van der Waals surface area contributed by atoms with Gasteiger partial charge in [-0.05, 0) is 30.9 Å². The van der Waals surface area contributed by atoms with Crippen LogP contribution in [0.3, 0.4) is 0 Å². The van der Waals surface area contributed by atoms with E-state index in [1.54, 1.807) is 11.9 Å². The number of piperidine rings is 1. The summed E-state index contributed by atoms with van der Waals surface area (Å²) in [7, 11) is -1.85. The van der Waals surface area contributed by atoms with E-state index >= 15 is 0 Å². The fraction of sp³-hybridized carbons (Fsp3) is 0.474.